The second-order valence-electron chi connectivity index (χ2n) is 12.0. The number of carbonyl (C=O) groups excluding carboxylic acids is 1. The van der Waals surface area contributed by atoms with Crippen LogP contribution in [0.4, 0.5) is 0 Å². The van der Waals surface area contributed by atoms with E-state index >= 15 is 0 Å². The molecule has 0 radical (unpaired) electrons. The largest absolute Gasteiger partial charge is 0.485 e. The molecule has 45 heavy (non-hydrogen) atoms. The topological polar surface area (TPSA) is 91.3 Å². The maximum atomic E-state index is 13.1. The predicted octanol–water partition coefficient (Wildman–Crippen LogP) is 9.14. The van der Waals surface area contributed by atoms with Crippen LogP contribution < -0.4 is 0 Å². The Bertz CT molecular complexity index is 1130. The molecule has 0 saturated carbocycles. The minimum absolute atomic E-state index is 0.0114. The summed E-state index contributed by atoms with van der Waals surface area (Å²) in [7, 11) is 0. The van der Waals surface area contributed by atoms with Crippen molar-refractivity contribution < 1.29 is 33.6 Å². The van der Waals surface area contributed by atoms with E-state index in [9.17, 15) is 14.7 Å². The van der Waals surface area contributed by atoms with E-state index < -0.39 is 30.1 Å². The molecule has 0 aromatic heterocycles. The summed E-state index contributed by atoms with van der Waals surface area (Å²) in [6.07, 6.45) is 13.9. The number of unbranched alkanes of at least 4 members (excludes halogenated alkanes) is 11. The lowest BCUT2D eigenvalue weighted by Gasteiger charge is -2.27. The average Bonchev–Trinajstić information content (AvgIpc) is 3.37. The van der Waals surface area contributed by atoms with Crippen LogP contribution in [0.3, 0.4) is 0 Å². The highest BCUT2D eigenvalue weighted by atomic mass is 16.6. The molecule has 0 aliphatic carbocycles. The molecule has 0 saturated heterocycles. The second-order valence-corrected chi connectivity index (χ2v) is 12.0. The van der Waals surface area contributed by atoms with Gasteiger partial charge >= 0.3 is 11.9 Å². The first-order valence-corrected chi connectivity index (χ1v) is 17.2. The highest BCUT2D eigenvalue weighted by Gasteiger charge is 2.44. The fraction of sp³-hybridized carbons (Fsp3) is 0.579. The van der Waals surface area contributed by atoms with E-state index in [1.54, 1.807) is 0 Å². The highest BCUT2D eigenvalue weighted by molar-refractivity contribution is 5.89. The van der Waals surface area contributed by atoms with Crippen molar-refractivity contribution in [2.24, 2.45) is 5.92 Å². The third-order valence-electron chi connectivity index (χ3n) is 8.36. The van der Waals surface area contributed by atoms with E-state index in [2.05, 4.69) is 6.92 Å². The third-order valence-corrected chi connectivity index (χ3v) is 8.36. The molecule has 1 aliphatic heterocycles. The van der Waals surface area contributed by atoms with Crippen LogP contribution in [0.5, 0.6) is 0 Å². The fourth-order valence-electron chi connectivity index (χ4n) is 5.79. The standard InChI is InChI=1S/C38H54O7/c1-3-5-6-7-8-9-10-11-12-13-14-21-26-32(37(39)40)27-33(42-4-2)34-35(43-28-30-22-17-15-18-23-30)36(38(41)45-34)44-29-31-24-19-16-20-25-31/h15-20,22-25,32-34H,3-14,21,26-29H2,1-2H3,(H,39,40)/t32?,33-,34+/m0/s1. The maximum absolute atomic E-state index is 13.1. The van der Waals surface area contributed by atoms with Crippen LogP contribution in [-0.4, -0.2) is 35.9 Å². The molecular formula is C38H54O7. The molecule has 1 heterocycles. The van der Waals surface area contributed by atoms with E-state index in [1.165, 1.54) is 57.8 Å². The van der Waals surface area contributed by atoms with Gasteiger partial charge < -0.3 is 24.1 Å². The Labute approximate surface area is 270 Å². The van der Waals surface area contributed by atoms with Crippen molar-refractivity contribution in [3.8, 4) is 0 Å². The molecule has 2 aromatic rings. The van der Waals surface area contributed by atoms with Crippen molar-refractivity contribution >= 4 is 11.9 Å². The number of rotatable bonds is 25. The van der Waals surface area contributed by atoms with E-state index in [-0.39, 0.29) is 31.2 Å². The first kappa shape index (κ1) is 36.2. The smallest absolute Gasteiger partial charge is 0.378 e. The van der Waals surface area contributed by atoms with Gasteiger partial charge in [0.15, 0.2) is 11.9 Å². The normalized spacial score (nSPS) is 16.0. The van der Waals surface area contributed by atoms with Gasteiger partial charge in [-0.2, -0.15) is 0 Å². The predicted molar refractivity (Wildman–Crippen MR) is 176 cm³/mol. The summed E-state index contributed by atoms with van der Waals surface area (Å²) in [5.74, 6) is -1.84. The SMILES string of the molecule is CCCCCCCCCCCCCCC(C[C@H](OCC)[C@H]1OC(=O)C(OCc2ccccc2)=C1OCc1ccccc1)C(=O)O. The molecule has 2 aromatic carbocycles. The maximum Gasteiger partial charge on any atom is 0.378 e. The summed E-state index contributed by atoms with van der Waals surface area (Å²) in [5.41, 5.74) is 1.83. The number of carboxylic acid groups (broad SMARTS) is 1. The van der Waals surface area contributed by atoms with Crippen LogP contribution >= 0.6 is 0 Å². The van der Waals surface area contributed by atoms with Gasteiger partial charge in [0, 0.05) is 6.61 Å². The van der Waals surface area contributed by atoms with Crippen LogP contribution in [0, 0.1) is 5.92 Å². The van der Waals surface area contributed by atoms with Crippen LogP contribution in [0.15, 0.2) is 72.2 Å². The van der Waals surface area contributed by atoms with Crippen LogP contribution in [0.25, 0.3) is 0 Å². The lowest BCUT2D eigenvalue weighted by molar-refractivity contribution is -0.152. The lowest BCUT2D eigenvalue weighted by atomic mass is 9.92. The number of carbonyl (C=O) groups is 2. The Kier molecular flexibility index (Phi) is 17.2. The summed E-state index contributed by atoms with van der Waals surface area (Å²) < 4.78 is 24.0. The number of aliphatic carboxylic acids is 1. The minimum Gasteiger partial charge on any atom is -0.485 e. The van der Waals surface area contributed by atoms with Crippen molar-refractivity contribution in [1.82, 2.24) is 0 Å². The summed E-state index contributed by atoms with van der Waals surface area (Å²) >= 11 is 0. The summed E-state index contributed by atoms with van der Waals surface area (Å²) in [6.45, 7) is 4.83. The first-order valence-electron chi connectivity index (χ1n) is 17.2. The van der Waals surface area contributed by atoms with Crippen LogP contribution in [-0.2, 0) is 41.8 Å². The molecule has 0 bridgehead atoms. The van der Waals surface area contributed by atoms with E-state index in [1.807, 2.05) is 67.6 Å². The summed E-state index contributed by atoms with van der Waals surface area (Å²) in [4.78, 5) is 25.4. The van der Waals surface area contributed by atoms with Gasteiger partial charge in [-0.15, -0.1) is 0 Å². The number of hydrogen-bond donors (Lipinski definition) is 1. The Morgan fingerprint density at radius 2 is 1.27 bits per heavy atom. The van der Waals surface area contributed by atoms with Gasteiger partial charge in [-0.1, -0.05) is 145 Å². The van der Waals surface area contributed by atoms with E-state index in [0.717, 1.165) is 30.4 Å². The fourth-order valence-corrected chi connectivity index (χ4v) is 5.79. The van der Waals surface area contributed by atoms with Crippen molar-refractivity contribution in [2.45, 2.75) is 129 Å². The molecule has 248 valence electrons. The molecule has 1 unspecified atom stereocenters. The van der Waals surface area contributed by atoms with Crippen molar-refractivity contribution in [2.75, 3.05) is 6.61 Å². The molecule has 3 atom stereocenters. The van der Waals surface area contributed by atoms with E-state index in [0.29, 0.717) is 13.0 Å². The monoisotopic (exact) mass is 622 g/mol. The summed E-state index contributed by atoms with van der Waals surface area (Å²) in [6, 6.07) is 19.2. The second kappa shape index (κ2) is 21.4. The Morgan fingerprint density at radius 1 is 0.756 bits per heavy atom. The first-order chi connectivity index (χ1) is 22.0. The molecule has 0 amide bonds. The molecule has 0 spiro atoms. The molecule has 1 aliphatic rings. The number of cyclic esters (lactones) is 1. The van der Waals surface area contributed by atoms with Gasteiger partial charge in [0.05, 0.1) is 5.92 Å². The van der Waals surface area contributed by atoms with Crippen molar-refractivity contribution in [3.63, 3.8) is 0 Å². The molecule has 1 N–H and O–H groups in total. The molecular weight excluding hydrogens is 568 g/mol. The average molecular weight is 623 g/mol. The number of carboxylic acids is 1. The molecule has 7 heteroatoms. The Morgan fingerprint density at radius 3 is 1.78 bits per heavy atom. The number of hydrogen-bond acceptors (Lipinski definition) is 6. The van der Waals surface area contributed by atoms with Crippen molar-refractivity contribution in [1.29, 1.82) is 0 Å². The van der Waals surface area contributed by atoms with E-state index in [4.69, 9.17) is 18.9 Å². The molecule has 7 nitrogen and oxygen atoms in total. The lowest BCUT2D eigenvalue weighted by Crippen LogP contribution is -2.35. The zero-order valence-corrected chi connectivity index (χ0v) is 27.4. The molecule has 0 fully saturated rings. The quantitative estimate of drug-likeness (QED) is 0.0872. The number of esters is 1. The Hall–Kier alpha value is -3.32. The number of ether oxygens (including phenoxy) is 4. The number of benzene rings is 2. The third kappa shape index (κ3) is 13.3. The van der Waals surface area contributed by atoms with Crippen LogP contribution in [0.2, 0.25) is 0 Å². The summed E-state index contributed by atoms with van der Waals surface area (Å²) in [5, 5.41) is 10.1. The zero-order valence-electron chi connectivity index (χ0n) is 27.4. The van der Waals surface area contributed by atoms with Gasteiger partial charge in [-0.25, -0.2) is 4.79 Å². The van der Waals surface area contributed by atoms with Crippen molar-refractivity contribution in [3.05, 3.63) is 83.3 Å². The van der Waals surface area contributed by atoms with Gasteiger partial charge in [-0.3, -0.25) is 4.79 Å². The van der Waals surface area contributed by atoms with Crippen LogP contribution in [0.1, 0.15) is 115 Å². The van der Waals surface area contributed by atoms with Gasteiger partial charge in [0.1, 0.15) is 19.3 Å². The minimum atomic E-state index is -0.893. The highest BCUT2D eigenvalue weighted by Crippen LogP contribution is 2.33. The Balaban J connectivity index is 1.58. The zero-order chi connectivity index (χ0) is 32.1. The van der Waals surface area contributed by atoms with Gasteiger partial charge in [0.25, 0.3) is 0 Å². The van der Waals surface area contributed by atoms with Gasteiger partial charge in [-0.05, 0) is 30.9 Å². The van der Waals surface area contributed by atoms with Gasteiger partial charge in [0.2, 0.25) is 5.76 Å². The molecule has 3 rings (SSSR count).